The molecule has 0 aliphatic carbocycles. The van der Waals surface area contributed by atoms with Crippen LogP contribution in [-0.2, 0) is 16.2 Å². The topological polar surface area (TPSA) is 84.0 Å². The van der Waals surface area contributed by atoms with Gasteiger partial charge in [0, 0.05) is 22.8 Å². The quantitative estimate of drug-likeness (QED) is 0.753. The maximum absolute atomic E-state index is 12.4. The van der Waals surface area contributed by atoms with E-state index in [1.807, 2.05) is 6.92 Å². The zero-order valence-electron chi connectivity index (χ0n) is 12.8. The molecule has 2 aromatic rings. The Balaban J connectivity index is 1.88. The van der Waals surface area contributed by atoms with Gasteiger partial charge in [0.25, 0.3) is 0 Å². The van der Waals surface area contributed by atoms with Crippen LogP contribution in [0.3, 0.4) is 0 Å². The Kier molecular flexibility index (Phi) is 5.45. The molecule has 0 fully saturated rings. The van der Waals surface area contributed by atoms with Gasteiger partial charge in [0.2, 0.25) is 10.0 Å². The first-order chi connectivity index (χ1) is 11.1. The van der Waals surface area contributed by atoms with Gasteiger partial charge in [-0.1, -0.05) is 0 Å². The molecule has 0 radical (unpaired) electrons. The molecule has 0 atom stereocenters. The van der Waals surface area contributed by atoms with Gasteiger partial charge >= 0.3 is 6.18 Å². The molecule has 0 saturated heterocycles. The molecule has 0 saturated carbocycles. The number of hydrogen-bond donors (Lipinski definition) is 2. The van der Waals surface area contributed by atoms with E-state index >= 15 is 0 Å². The highest BCUT2D eigenvalue weighted by atomic mass is 32.2. The Bertz CT molecular complexity index is 802. The minimum atomic E-state index is -4.54. The Labute approximate surface area is 141 Å². The van der Waals surface area contributed by atoms with Gasteiger partial charge in [-0.05, 0) is 32.0 Å². The summed E-state index contributed by atoms with van der Waals surface area (Å²) in [5, 5.41) is 9.16. The maximum Gasteiger partial charge on any atom is 0.435 e. The third-order valence-corrected chi connectivity index (χ3v) is 5.65. The molecule has 2 aromatic heterocycles. The Hall–Kier alpha value is -1.72. The molecule has 0 aliphatic heterocycles. The Morgan fingerprint density at radius 1 is 1.17 bits per heavy atom. The van der Waals surface area contributed by atoms with Crippen molar-refractivity contribution >= 4 is 27.2 Å². The number of sulfonamides is 1. The molecular formula is C13H15F3N4O2S2. The first kappa shape index (κ1) is 18.6. The molecule has 0 aliphatic rings. The van der Waals surface area contributed by atoms with Gasteiger partial charge in [0.15, 0.2) is 5.69 Å². The number of nitrogens with zero attached hydrogens (tertiary/aromatic N) is 2. The van der Waals surface area contributed by atoms with Gasteiger partial charge in [-0.25, -0.2) is 13.1 Å². The predicted octanol–water partition coefficient (Wildman–Crippen LogP) is 2.56. The number of anilines is 1. The smallest absolute Gasteiger partial charge is 0.367 e. The molecule has 2 heterocycles. The molecule has 0 aromatic carbocycles. The molecule has 0 unspecified atom stereocenters. The largest absolute Gasteiger partial charge is 0.435 e. The molecule has 2 rings (SSSR count). The van der Waals surface area contributed by atoms with E-state index in [4.69, 9.17) is 0 Å². The summed E-state index contributed by atoms with van der Waals surface area (Å²) in [4.78, 5) is 1.83. The third-order valence-electron chi connectivity index (χ3n) is 2.96. The third kappa shape index (κ3) is 4.65. The molecule has 0 spiro atoms. The zero-order chi connectivity index (χ0) is 18.0. The summed E-state index contributed by atoms with van der Waals surface area (Å²) >= 11 is 1.39. The fourth-order valence-corrected chi connectivity index (χ4v) is 4.49. The molecule has 0 amide bonds. The lowest BCUT2D eigenvalue weighted by Gasteiger charge is -2.09. The van der Waals surface area contributed by atoms with Crippen LogP contribution in [0, 0.1) is 13.8 Å². The summed E-state index contributed by atoms with van der Waals surface area (Å²) in [6.45, 7) is 3.75. The number of thiophene rings is 1. The van der Waals surface area contributed by atoms with Gasteiger partial charge in [0.05, 0.1) is 4.90 Å². The summed E-state index contributed by atoms with van der Waals surface area (Å²) in [6, 6.07) is 3.53. The van der Waals surface area contributed by atoms with E-state index in [2.05, 4.69) is 20.2 Å². The number of halogens is 3. The number of alkyl halides is 3. The number of rotatable bonds is 6. The second kappa shape index (κ2) is 7.03. The first-order valence-corrected chi connectivity index (χ1v) is 9.11. The number of nitrogens with one attached hydrogen (secondary N) is 2. The number of hydrogen-bond acceptors (Lipinski definition) is 6. The van der Waals surface area contributed by atoms with Crippen LogP contribution in [0.25, 0.3) is 0 Å². The van der Waals surface area contributed by atoms with Crippen molar-refractivity contribution in [3.05, 3.63) is 33.6 Å². The van der Waals surface area contributed by atoms with E-state index in [1.165, 1.54) is 11.3 Å². The summed E-state index contributed by atoms with van der Waals surface area (Å²) in [5.74, 6) is 0.129. The van der Waals surface area contributed by atoms with Crippen molar-refractivity contribution in [1.29, 1.82) is 0 Å². The lowest BCUT2D eigenvalue weighted by molar-refractivity contribution is -0.141. The van der Waals surface area contributed by atoms with Crippen molar-refractivity contribution in [2.24, 2.45) is 0 Å². The van der Waals surface area contributed by atoms with Gasteiger partial charge in [-0.2, -0.15) is 13.2 Å². The molecule has 24 heavy (non-hydrogen) atoms. The Morgan fingerprint density at radius 2 is 1.88 bits per heavy atom. The first-order valence-electron chi connectivity index (χ1n) is 6.81. The maximum atomic E-state index is 12.4. The van der Waals surface area contributed by atoms with Crippen LogP contribution in [0.15, 0.2) is 23.1 Å². The Morgan fingerprint density at radius 3 is 2.38 bits per heavy atom. The van der Waals surface area contributed by atoms with Crippen molar-refractivity contribution in [2.75, 3.05) is 18.4 Å². The van der Waals surface area contributed by atoms with Crippen molar-refractivity contribution < 1.29 is 21.6 Å². The SMILES string of the molecule is Cc1cc(S(=O)(=O)NCCNc2ccc(C(F)(F)F)nn2)c(C)s1. The highest BCUT2D eigenvalue weighted by Crippen LogP contribution is 2.27. The monoisotopic (exact) mass is 380 g/mol. The average Bonchev–Trinajstić information content (AvgIpc) is 2.83. The van der Waals surface area contributed by atoms with Gasteiger partial charge in [-0.3, -0.25) is 0 Å². The highest BCUT2D eigenvalue weighted by Gasteiger charge is 2.32. The van der Waals surface area contributed by atoms with Crippen LogP contribution in [0.2, 0.25) is 0 Å². The molecule has 6 nitrogen and oxygen atoms in total. The lowest BCUT2D eigenvalue weighted by Crippen LogP contribution is -2.29. The summed E-state index contributed by atoms with van der Waals surface area (Å²) in [5.41, 5.74) is -1.09. The van der Waals surface area contributed by atoms with Crippen LogP contribution >= 0.6 is 11.3 Å². The number of aromatic nitrogens is 2. The van der Waals surface area contributed by atoms with Crippen LogP contribution in [0.4, 0.5) is 19.0 Å². The standard InChI is InChI=1S/C13H15F3N4O2S2/c1-8-7-10(9(2)23-8)24(21,22)18-6-5-17-12-4-3-11(19-20-12)13(14,15)16/h3-4,7,18H,5-6H2,1-2H3,(H,17,20). The summed E-state index contributed by atoms with van der Waals surface area (Å²) in [7, 11) is -3.62. The van der Waals surface area contributed by atoms with E-state index in [0.717, 1.165) is 17.0 Å². The second-order valence-electron chi connectivity index (χ2n) is 4.90. The van der Waals surface area contributed by atoms with Gasteiger partial charge in [0.1, 0.15) is 5.82 Å². The van der Waals surface area contributed by atoms with E-state index in [-0.39, 0.29) is 23.8 Å². The molecule has 132 valence electrons. The molecular weight excluding hydrogens is 365 g/mol. The molecule has 0 bridgehead atoms. The second-order valence-corrected chi connectivity index (χ2v) is 8.10. The van der Waals surface area contributed by atoms with Crippen molar-refractivity contribution in [3.8, 4) is 0 Å². The van der Waals surface area contributed by atoms with Gasteiger partial charge < -0.3 is 5.32 Å². The summed E-state index contributed by atoms with van der Waals surface area (Å²) in [6.07, 6.45) is -4.54. The van der Waals surface area contributed by atoms with Crippen molar-refractivity contribution in [3.63, 3.8) is 0 Å². The number of aryl methyl sites for hydroxylation is 2. The highest BCUT2D eigenvalue weighted by molar-refractivity contribution is 7.89. The van der Waals surface area contributed by atoms with Crippen LogP contribution in [0.5, 0.6) is 0 Å². The van der Waals surface area contributed by atoms with Crippen LogP contribution in [-0.4, -0.2) is 31.7 Å². The van der Waals surface area contributed by atoms with Crippen molar-refractivity contribution in [1.82, 2.24) is 14.9 Å². The van der Waals surface area contributed by atoms with Crippen LogP contribution in [0.1, 0.15) is 15.4 Å². The van der Waals surface area contributed by atoms with Crippen molar-refractivity contribution in [2.45, 2.75) is 24.9 Å². The van der Waals surface area contributed by atoms with E-state index in [9.17, 15) is 21.6 Å². The van der Waals surface area contributed by atoms with Crippen LogP contribution < -0.4 is 10.0 Å². The van der Waals surface area contributed by atoms with E-state index in [0.29, 0.717) is 4.88 Å². The molecule has 11 heteroatoms. The minimum absolute atomic E-state index is 0.0549. The lowest BCUT2D eigenvalue weighted by atomic mass is 10.4. The van der Waals surface area contributed by atoms with E-state index < -0.39 is 21.9 Å². The normalized spacial score (nSPS) is 12.4. The molecule has 2 N–H and O–H groups in total. The minimum Gasteiger partial charge on any atom is -0.367 e. The average molecular weight is 380 g/mol. The van der Waals surface area contributed by atoms with Gasteiger partial charge in [-0.15, -0.1) is 21.5 Å². The fourth-order valence-electron chi connectivity index (χ4n) is 1.91. The predicted molar refractivity (Wildman–Crippen MR) is 84.5 cm³/mol. The summed E-state index contributed by atoms with van der Waals surface area (Å²) < 4.78 is 63.8. The fraction of sp³-hybridized carbons (Fsp3) is 0.385. The zero-order valence-corrected chi connectivity index (χ0v) is 14.4. The van der Waals surface area contributed by atoms with E-state index in [1.54, 1.807) is 13.0 Å².